The van der Waals surface area contributed by atoms with Gasteiger partial charge in [0.25, 0.3) is 0 Å². The van der Waals surface area contributed by atoms with Gasteiger partial charge in [-0.1, -0.05) is 45.9 Å². The van der Waals surface area contributed by atoms with Gasteiger partial charge in [-0.2, -0.15) is 0 Å². The molecule has 2 aromatic carbocycles. The molecule has 0 spiro atoms. The van der Waals surface area contributed by atoms with Crippen LogP contribution < -0.4 is 20.2 Å². The van der Waals surface area contributed by atoms with E-state index in [2.05, 4.69) is 108 Å². The topological polar surface area (TPSA) is 43.8 Å². The molecule has 1 N–H and O–H groups in total. The summed E-state index contributed by atoms with van der Waals surface area (Å²) in [5.41, 5.74) is 7.26. The van der Waals surface area contributed by atoms with Crippen LogP contribution in [0.5, 0.6) is 0 Å². The lowest BCUT2D eigenvalue weighted by molar-refractivity contribution is -0.136. The first kappa shape index (κ1) is 24.1. The van der Waals surface area contributed by atoms with Gasteiger partial charge in [-0.15, -0.1) is 0 Å². The van der Waals surface area contributed by atoms with E-state index in [1.165, 1.54) is 38.4 Å². The molecule has 0 atom stereocenters. The van der Waals surface area contributed by atoms with Gasteiger partial charge in [-0.3, -0.25) is 4.79 Å². The number of carboxylic acids is 1. The predicted octanol–water partition coefficient (Wildman–Crippen LogP) is 4.81. The van der Waals surface area contributed by atoms with Gasteiger partial charge in [0.15, 0.2) is 0 Å². The second kappa shape index (κ2) is 9.14. The van der Waals surface area contributed by atoms with Gasteiger partial charge in [-0.25, -0.2) is 0 Å². The third-order valence-electron chi connectivity index (χ3n) is 7.04. The van der Waals surface area contributed by atoms with Crippen LogP contribution in [0.3, 0.4) is 0 Å². The third-order valence-corrected chi connectivity index (χ3v) is 13.3. The number of fused-ring (bicyclic) bond motifs is 2. The number of carboxylic acid groups (broad SMARTS) is 1. The van der Waals surface area contributed by atoms with Crippen molar-refractivity contribution in [2.24, 2.45) is 0 Å². The van der Waals surface area contributed by atoms with Crippen LogP contribution in [0.15, 0.2) is 42.5 Å². The molecule has 4 nitrogen and oxygen atoms in total. The minimum atomic E-state index is -2.15. The fraction of sp³-hybridized carbons (Fsp3) is 0.444. The van der Waals surface area contributed by atoms with Crippen molar-refractivity contribution in [2.45, 2.75) is 51.6 Å². The van der Waals surface area contributed by atoms with E-state index in [9.17, 15) is 9.90 Å². The Bertz CT molecular complexity index is 966. The Morgan fingerprint density at radius 3 is 1.66 bits per heavy atom. The molecule has 2 aromatic rings. The van der Waals surface area contributed by atoms with Crippen LogP contribution >= 0.6 is 0 Å². The maximum Gasteiger partial charge on any atom is 0.303 e. The van der Waals surface area contributed by atoms with Gasteiger partial charge >= 0.3 is 5.97 Å². The Morgan fingerprint density at radius 2 is 1.31 bits per heavy atom. The average Bonchev–Trinajstić information content (AvgIpc) is 2.71. The molecular formula is C27H38N2O2Si. The van der Waals surface area contributed by atoms with E-state index in [1.54, 1.807) is 0 Å². The first-order valence-corrected chi connectivity index (χ1v) is 13.7. The highest BCUT2D eigenvalue weighted by molar-refractivity contribution is 7.05. The predicted molar refractivity (Wildman–Crippen MR) is 141 cm³/mol. The molecule has 5 heteroatoms. The van der Waals surface area contributed by atoms with E-state index in [4.69, 9.17) is 0 Å². The number of aliphatic carboxylic acids is 1. The van der Waals surface area contributed by atoms with E-state index < -0.39 is 14.0 Å². The number of nitrogens with zero attached hydrogens (tertiary/aromatic N) is 2. The molecule has 0 radical (unpaired) electrons. The fourth-order valence-corrected chi connectivity index (χ4v) is 11.7. The highest BCUT2D eigenvalue weighted by atomic mass is 28.3. The summed E-state index contributed by atoms with van der Waals surface area (Å²) < 4.78 is 0. The summed E-state index contributed by atoms with van der Waals surface area (Å²) in [7, 11) is 6.24. The zero-order valence-electron chi connectivity index (χ0n) is 20.9. The molecule has 32 heavy (non-hydrogen) atoms. The normalized spacial score (nSPS) is 14.2. The Morgan fingerprint density at radius 1 is 0.875 bits per heavy atom. The summed E-state index contributed by atoms with van der Waals surface area (Å²) in [5, 5.41) is 12.2. The number of anilines is 2. The number of hydrogen-bond donors (Lipinski definition) is 1. The minimum Gasteiger partial charge on any atom is -0.481 e. The molecule has 1 heterocycles. The highest BCUT2D eigenvalue weighted by Crippen LogP contribution is 2.42. The molecule has 172 valence electrons. The summed E-state index contributed by atoms with van der Waals surface area (Å²) in [6.07, 6.45) is 2.83. The van der Waals surface area contributed by atoms with Crippen molar-refractivity contribution >= 4 is 41.4 Å². The van der Waals surface area contributed by atoms with Crippen molar-refractivity contribution in [3.8, 4) is 0 Å². The number of hydrogen-bond acceptors (Lipinski definition) is 3. The molecule has 0 saturated heterocycles. The molecule has 0 aromatic heterocycles. The van der Waals surface area contributed by atoms with Crippen LogP contribution in [0.1, 0.15) is 51.7 Å². The van der Waals surface area contributed by atoms with Crippen LogP contribution in [0.4, 0.5) is 11.4 Å². The van der Waals surface area contributed by atoms with Crippen LogP contribution in [-0.2, 0) is 4.79 Å². The Labute approximate surface area is 194 Å². The molecule has 0 amide bonds. The molecule has 0 saturated carbocycles. The molecule has 0 fully saturated rings. The van der Waals surface area contributed by atoms with Gasteiger partial charge in [0.2, 0.25) is 0 Å². The quantitative estimate of drug-likeness (QED) is 0.615. The molecule has 1 aliphatic heterocycles. The summed E-state index contributed by atoms with van der Waals surface area (Å²) in [6, 6.07) is 13.8. The van der Waals surface area contributed by atoms with E-state index in [0.717, 1.165) is 0 Å². The van der Waals surface area contributed by atoms with Crippen molar-refractivity contribution < 1.29 is 9.90 Å². The molecule has 0 aliphatic carbocycles. The van der Waals surface area contributed by atoms with E-state index >= 15 is 0 Å². The van der Waals surface area contributed by atoms with Gasteiger partial charge in [-0.05, 0) is 68.8 Å². The molecular weight excluding hydrogens is 412 g/mol. The summed E-state index contributed by atoms with van der Waals surface area (Å²) in [6.45, 7) is 9.57. The maximum atomic E-state index is 11.2. The monoisotopic (exact) mass is 450 g/mol. The molecule has 0 unspecified atom stereocenters. The third kappa shape index (κ3) is 3.99. The fourth-order valence-electron chi connectivity index (χ4n) is 5.54. The number of benzene rings is 2. The van der Waals surface area contributed by atoms with E-state index in [1.807, 2.05) is 0 Å². The van der Waals surface area contributed by atoms with E-state index in [0.29, 0.717) is 17.5 Å². The summed E-state index contributed by atoms with van der Waals surface area (Å²) in [5.74, 6) is -0.753. The average molecular weight is 451 g/mol. The minimum absolute atomic E-state index is 0.149. The number of rotatable bonds is 7. The second-order valence-corrected chi connectivity index (χ2v) is 15.1. The number of allylic oxidation sites excluding steroid dienone is 1. The van der Waals surface area contributed by atoms with E-state index in [-0.39, 0.29) is 6.42 Å². The van der Waals surface area contributed by atoms with Gasteiger partial charge in [0.05, 0.1) is 0 Å². The van der Waals surface area contributed by atoms with Crippen molar-refractivity contribution in [3.05, 3.63) is 53.6 Å². The standard InChI is InChI=1S/C27H38N2O2Si/c1-18(2)32(19(3)4)25-16-20(28(5)6)12-14-23(25)22(10-9-11-27(30)31)24-15-13-21(29(7)8)17-26(24)32/h10,12-19H,9,11H2,1-8H3,(H,30,31). The largest absolute Gasteiger partial charge is 0.481 e. The zero-order valence-corrected chi connectivity index (χ0v) is 21.9. The Balaban J connectivity index is 2.42. The number of carbonyl (C=O) groups is 1. The van der Waals surface area contributed by atoms with Crippen molar-refractivity contribution in [2.75, 3.05) is 38.0 Å². The first-order chi connectivity index (χ1) is 15.0. The molecule has 0 bridgehead atoms. The molecule has 3 rings (SSSR count). The smallest absolute Gasteiger partial charge is 0.303 e. The summed E-state index contributed by atoms with van der Waals surface area (Å²) >= 11 is 0. The van der Waals surface area contributed by atoms with Crippen LogP contribution in [0, 0.1) is 0 Å². The SMILES string of the molecule is CC(C)[Si]1(C(C)C)c2cc(N(C)C)ccc2C(=CCCC(=O)O)c2ccc(N(C)C)cc21. The van der Waals surface area contributed by atoms with Crippen molar-refractivity contribution in [3.63, 3.8) is 0 Å². The van der Waals surface area contributed by atoms with Crippen LogP contribution in [-0.4, -0.2) is 47.3 Å². The maximum absolute atomic E-state index is 11.2. The van der Waals surface area contributed by atoms with Crippen LogP contribution in [0.2, 0.25) is 11.1 Å². The summed E-state index contributed by atoms with van der Waals surface area (Å²) in [4.78, 5) is 15.6. The van der Waals surface area contributed by atoms with Crippen LogP contribution in [0.25, 0.3) is 5.57 Å². The van der Waals surface area contributed by atoms with Gasteiger partial charge in [0.1, 0.15) is 8.07 Å². The molecule has 1 aliphatic rings. The first-order valence-electron chi connectivity index (χ1n) is 11.6. The lowest BCUT2D eigenvalue weighted by Gasteiger charge is -2.47. The van der Waals surface area contributed by atoms with Crippen molar-refractivity contribution in [1.82, 2.24) is 0 Å². The van der Waals surface area contributed by atoms with Gasteiger partial charge in [0, 0.05) is 46.0 Å². The lowest BCUT2D eigenvalue weighted by atomic mass is 9.94. The lowest BCUT2D eigenvalue weighted by Crippen LogP contribution is -2.66. The Kier molecular flexibility index (Phi) is 6.89. The zero-order chi connectivity index (χ0) is 23.8. The van der Waals surface area contributed by atoms with Crippen molar-refractivity contribution in [1.29, 1.82) is 0 Å². The highest BCUT2D eigenvalue weighted by Gasteiger charge is 2.49. The Hall–Kier alpha value is -2.53. The second-order valence-electron chi connectivity index (χ2n) is 9.98. The van der Waals surface area contributed by atoms with Gasteiger partial charge < -0.3 is 14.9 Å².